The summed E-state index contributed by atoms with van der Waals surface area (Å²) in [5, 5.41) is 0. The van der Waals surface area contributed by atoms with Crippen LogP contribution in [0, 0.1) is 0 Å². The second-order valence-electron chi connectivity index (χ2n) is 7.01. The Morgan fingerprint density at radius 1 is 1.32 bits per heavy atom. The van der Waals surface area contributed by atoms with Crippen LogP contribution in [0.25, 0.3) is 0 Å². The zero-order valence-corrected chi connectivity index (χ0v) is 16.4. The molecule has 28 heavy (non-hydrogen) atoms. The molecular formula is C22H25N3O3. The molecule has 2 N–H and O–H groups in total. The van der Waals surface area contributed by atoms with Crippen LogP contribution in [0.3, 0.4) is 0 Å². The molecule has 1 aromatic heterocycles. The smallest absolute Gasteiger partial charge is 0.302 e. The number of ether oxygens (including phenoxy) is 1. The van der Waals surface area contributed by atoms with E-state index in [0.717, 1.165) is 29.0 Å². The van der Waals surface area contributed by atoms with Gasteiger partial charge in [0, 0.05) is 43.9 Å². The first-order chi connectivity index (χ1) is 13.4. The molecule has 146 valence electrons. The molecule has 1 aliphatic heterocycles. The number of rotatable bonds is 4. The van der Waals surface area contributed by atoms with Crippen molar-refractivity contribution in [3.8, 4) is 0 Å². The van der Waals surface area contributed by atoms with Gasteiger partial charge in [-0.25, -0.2) is 0 Å². The van der Waals surface area contributed by atoms with Crippen LogP contribution in [0.4, 0.5) is 0 Å². The monoisotopic (exact) mass is 379 g/mol. The average Bonchev–Trinajstić information content (AvgIpc) is 2.83. The standard InChI is InChI=1S/C22H25N3O3/c1-14-20(23)19(16-7-5-4-6-8-16)9-10-24-21(14)17-11-18(13-28-15(2)26)22(27)25(3)12-17/h4-8,11-12,19H,9-10,13,23H2,1-3H3. The van der Waals surface area contributed by atoms with Crippen molar-refractivity contribution in [1.29, 1.82) is 0 Å². The average molecular weight is 379 g/mol. The van der Waals surface area contributed by atoms with Crippen molar-refractivity contribution in [2.45, 2.75) is 32.8 Å². The molecule has 2 aromatic rings. The van der Waals surface area contributed by atoms with Gasteiger partial charge in [0.05, 0.1) is 11.3 Å². The van der Waals surface area contributed by atoms with Crippen LogP contribution in [0.1, 0.15) is 42.9 Å². The molecule has 2 heterocycles. The van der Waals surface area contributed by atoms with Crippen LogP contribution < -0.4 is 11.3 Å². The zero-order valence-electron chi connectivity index (χ0n) is 16.4. The summed E-state index contributed by atoms with van der Waals surface area (Å²) in [6, 6.07) is 11.9. The lowest BCUT2D eigenvalue weighted by molar-refractivity contribution is -0.142. The van der Waals surface area contributed by atoms with Gasteiger partial charge in [-0.2, -0.15) is 0 Å². The van der Waals surface area contributed by atoms with Crippen molar-refractivity contribution >= 4 is 11.7 Å². The lowest BCUT2D eigenvalue weighted by Crippen LogP contribution is -2.24. The van der Waals surface area contributed by atoms with E-state index in [-0.39, 0.29) is 18.1 Å². The Kier molecular flexibility index (Phi) is 5.78. The Hall–Kier alpha value is -3.15. The Bertz CT molecular complexity index is 1000. The number of aliphatic imine (C=N–C) groups is 1. The number of allylic oxidation sites excluding steroid dienone is 2. The van der Waals surface area contributed by atoms with Crippen molar-refractivity contribution in [2.75, 3.05) is 6.54 Å². The summed E-state index contributed by atoms with van der Waals surface area (Å²) >= 11 is 0. The van der Waals surface area contributed by atoms with Crippen LogP contribution in [0.2, 0.25) is 0 Å². The topological polar surface area (TPSA) is 86.7 Å². The van der Waals surface area contributed by atoms with E-state index in [2.05, 4.69) is 12.1 Å². The van der Waals surface area contributed by atoms with Gasteiger partial charge < -0.3 is 15.0 Å². The third-order valence-corrected chi connectivity index (χ3v) is 5.02. The lowest BCUT2D eigenvalue weighted by Gasteiger charge is -2.18. The number of aryl methyl sites for hydroxylation is 1. The van der Waals surface area contributed by atoms with Crippen molar-refractivity contribution in [3.63, 3.8) is 0 Å². The third kappa shape index (κ3) is 4.06. The zero-order chi connectivity index (χ0) is 20.3. The molecule has 0 saturated heterocycles. The van der Waals surface area contributed by atoms with E-state index in [4.69, 9.17) is 15.5 Å². The highest BCUT2D eigenvalue weighted by molar-refractivity contribution is 6.12. The number of aromatic nitrogens is 1. The number of esters is 1. The highest BCUT2D eigenvalue weighted by Gasteiger charge is 2.23. The van der Waals surface area contributed by atoms with Gasteiger partial charge in [-0.15, -0.1) is 0 Å². The second-order valence-corrected chi connectivity index (χ2v) is 7.01. The molecule has 0 saturated carbocycles. The van der Waals surface area contributed by atoms with Gasteiger partial charge >= 0.3 is 5.97 Å². The number of nitrogens with zero attached hydrogens (tertiary/aromatic N) is 2. The molecule has 6 heteroatoms. The summed E-state index contributed by atoms with van der Waals surface area (Å²) in [5.41, 5.74) is 11.2. The fourth-order valence-corrected chi connectivity index (χ4v) is 3.51. The number of carbonyl (C=O) groups excluding carboxylic acids is 1. The summed E-state index contributed by atoms with van der Waals surface area (Å²) in [7, 11) is 1.68. The number of nitrogens with two attached hydrogens (primary N) is 1. The summed E-state index contributed by atoms with van der Waals surface area (Å²) in [4.78, 5) is 28.3. The lowest BCUT2D eigenvalue weighted by atomic mass is 9.89. The summed E-state index contributed by atoms with van der Waals surface area (Å²) in [5.74, 6) is -0.319. The molecule has 1 unspecified atom stereocenters. The summed E-state index contributed by atoms with van der Waals surface area (Å²) < 4.78 is 6.51. The molecule has 0 aliphatic carbocycles. The van der Waals surface area contributed by atoms with Crippen molar-refractivity contribution in [3.05, 3.63) is 80.9 Å². The van der Waals surface area contributed by atoms with Gasteiger partial charge in [-0.1, -0.05) is 30.3 Å². The van der Waals surface area contributed by atoms with E-state index in [9.17, 15) is 9.59 Å². The Labute approximate surface area is 164 Å². The predicted molar refractivity (Wildman–Crippen MR) is 109 cm³/mol. The molecule has 0 bridgehead atoms. The maximum absolute atomic E-state index is 12.4. The fraction of sp³-hybridized carbons (Fsp3) is 0.318. The highest BCUT2D eigenvalue weighted by Crippen LogP contribution is 2.30. The third-order valence-electron chi connectivity index (χ3n) is 5.02. The normalized spacial score (nSPS) is 17.1. The molecule has 6 nitrogen and oxygen atoms in total. The molecule has 0 radical (unpaired) electrons. The largest absolute Gasteiger partial charge is 0.461 e. The first-order valence-electron chi connectivity index (χ1n) is 9.27. The van der Waals surface area contributed by atoms with E-state index >= 15 is 0 Å². The summed E-state index contributed by atoms with van der Waals surface area (Å²) in [6.07, 6.45) is 2.57. The van der Waals surface area contributed by atoms with E-state index in [1.165, 1.54) is 17.1 Å². The van der Waals surface area contributed by atoms with Gasteiger partial charge in [0.1, 0.15) is 6.61 Å². The fourth-order valence-electron chi connectivity index (χ4n) is 3.51. The minimum absolute atomic E-state index is 0.0615. The Balaban J connectivity index is 2.01. The molecular weight excluding hydrogens is 354 g/mol. The van der Waals surface area contributed by atoms with Gasteiger partial charge in [-0.3, -0.25) is 14.6 Å². The van der Waals surface area contributed by atoms with Gasteiger partial charge in [-0.05, 0) is 30.5 Å². The summed E-state index contributed by atoms with van der Waals surface area (Å²) in [6.45, 7) is 3.86. The van der Waals surface area contributed by atoms with Crippen LogP contribution in [0.5, 0.6) is 0 Å². The number of pyridine rings is 1. The Morgan fingerprint density at radius 2 is 2.04 bits per heavy atom. The predicted octanol–water partition coefficient (Wildman–Crippen LogP) is 2.66. The maximum atomic E-state index is 12.4. The highest BCUT2D eigenvalue weighted by atomic mass is 16.5. The van der Waals surface area contributed by atoms with Crippen LogP contribution in [-0.2, 0) is 23.2 Å². The quantitative estimate of drug-likeness (QED) is 0.828. The van der Waals surface area contributed by atoms with Crippen molar-refractivity contribution in [1.82, 2.24) is 4.57 Å². The molecule has 1 atom stereocenters. The van der Waals surface area contributed by atoms with Gasteiger partial charge in [0.25, 0.3) is 5.56 Å². The molecule has 1 aliphatic rings. The maximum Gasteiger partial charge on any atom is 0.302 e. The van der Waals surface area contributed by atoms with Gasteiger partial charge in [0.2, 0.25) is 0 Å². The van der Waals surface area contributed by atoms with Crippen molar-refractivity contribution < 1.29 is 9.53 Å². The van der Waals surface area contributed by atoms with Gasteiger partial charge in [0.15, 0.2) is 0 Å². The van der Waals surface area contributed by atoms with Crippen molar-refractivity contribution in [2.24, 2.45) is 17.8 Å². The minimum Gasteiger partial charge on any atom is -0.461 e. The molecule has 3 rings (SSSR count). The minimum atomic E-state index is -0.426. The molecule has 0 amide bonds. The molecule has 1 aromatic carbocycles. The van der Waals surface area contributed by atoms with E-state index < -0.39 is 5.97 Å². The number of hydrogen-bond donors (Lipinski definition) is 1. The van der Waals surface area contributed by atoms with E-state index in [1.807, 2.05) is 25.1 Å². The van der Waals surface area contributed by atoms with Crippen LogP contribution >= 0.6 is 0 Å². The molecule has 0 fully saturated rings. The number of carbonyl (C=O) groups is 1. The SMILES string of the molecule is CC(=O)OCc1cc(C2=NCCC(c3ccccc3)C(N)=C2C)cn(C)c1=O. The molecule has 0 spiro atoms. The van der Waals surface area contributed by atoms with E-state index in [1.54, 1.807) is 19.3 Å². The Morgan fingerprint density at radius 3 is 2.71 bits per heavy atom. The number of hydrogen-bond acceptors (Lipinski definition) is 5. The van der Waals surface area contributed by atoms with Crippen LogP contribution in [-0.4, -0.2) is 22.8 Å². The first-order valence-corrected chi connectivity index (χ1v) is 9.27. The number of benzene rings is 1. The van der Waals surface area contributed by atoms with Crippen LogP contribution in [0.15, 0.2) is 63.7 Å². The first kappa shape index (κ1) is 19.6. The second kappa shape index (κ2) is 8.25. The van der Waals surface area contributed by atoms with E-state index in [0.29, 0.717) is 12.1 Å².